The minimum Gasteiger partial charge on any atom is -0.393 e. The zero-order valence-electron chi connectivity index (χ0n) is 15.4. The molecule has 1 amide bonds. The van der Waals surface area contributed by atoms with Crippen molar-refractivity contribution in [3.63, 3.8) is 0 Å². The second-order valence-electron chi connectivity index (χ2n) is 7.11. The summed E-state index contributed by atoms with van der Waals surface area (Å²) in [7, 11) is 0. The first-order chi connectivity index (χ1) is 12.5. The van der Waals surface area contributed by atoms with Crippen molar-refractivity contribution >= 4 is 5.91 Å². The topological polar surface area (TPSA) is 62.7 Å². The number of aryl methyl sites for hydroxylation is 2. The molecule has 0 radical (unpaired) electrons. The van der Waals surface area contributed by atoms with Gasteiger partial charge >= 0.3 is 0 Å². The molecule has 1 saturated heterocycles. The van der Waals surface area contributed by atoms with E-state index in [9.17, 15) is 9.90 Å². The molecule has 0 aliphatic carbocycles. The number of hydrogen-bond acceptors (Lipinski definition) is 4. The minimum atomic E-state index is -0.749. The zero-order chi connectivity index (χ0) is 18.6. The fraction of sp³-hybridized carbons (Fsp3) is 0.429. The Kier molecular flexibility index (Phi) is 5.69. The summed E-state index contributed by atoms with van der Waals surface area (Å²) < 4.78 is 5.96. The molecule has 1 aliphatic heterocycles. The summed E-state index contributed by atoms with van der Waals surface area (Å²) in [4.78, 5) is 18.8. The monoisotopic (exact) mass is 354 g/mol. The highest BCUT2D eigenvalue weighted by atomic mass is 16.5. The van der Waals surface area contributed by atoms with Crippen molar-refractivity contribution in [2.45, 2.75) is 32.3 Å². The van der Waals surface area contributed by atoms with Gasteiger partial charge in [0.15, 0.2) is 0 Å². The van der Waals surface area contributed by atoms with E-state index in [1.165, 1.54) is 0 Å². The lowest BCUT2D eigenvalue weighted by atomic mass is 9.91. The molecular weight excluding hydrogens is 328 g/mol. The molecule has 1 aromatic carbocycles. The molecule has 0 saturated carbocycles. The molecule has 5 nitrogen and oxygen atoms in total. The van der Waals surface area contributed by atoms with E-state index in [4.69, 9.17) is 4.74 Å². The van der Waals surface area contributed by atoms with Crippen molar-refractivity contribution in [1.29, 1.82) is 0 Å². The zero-order valence-corrected chi connectivity index (χ0v) is 15.4. The number of benzene rings is 1. The fourth-order valence-electron chi connectivity index (χ4n) is 3.34. The van der Waals surface area contributed by atoms with Crippen molar-refractivity contribution in [1.82, 2.24) is 9.88 Å². The van der Waals surface area contributed by atoms with E-state index in [0.717, 1.165) is 22.4 Å². The quantitative estimate of drug-likeness (QED) is 0.893. The Morgan fingerprint density at radius 2 is 2.08 bits per heavy atom. The van der Waals surface area contributed by atoms with E-state index in [0.29, 0.717) is 26.1 Å². The van der Waals surface area contributed by atoms with Crippen LogP contribution in [0.25, 0.3) is 0 Å². The second-order valence-corrected chi connectivity index (χ2v) is 7.11. The van der Waals surface area contributed by atoms with Crippen molar-refractivity contribution in [2.75, 3.05) is 26.3 Å². The lowest BCUT2D eigenvalue weighted by Gasteiger charge is -2.42. The maximum absolute atomic E-state index is 12.7. The summed E-state index contributed by atoms with van der Waals surface area (Å²) in [5, 5.41) is 10.0. The van der Waals surface area contributed by atoms with Gasteiger partial charge in [-0.3, -0.25) is 9.78 Å². The van der Waals surface area contributed by atoms with Crippen LogP contribution in [0.15, 0.2) is 42.6 Å². The Morgan fingerprint density at radius 3 is 2.77 bits per heavy atom. The largest absolute Gasteiger partial charge is 0.393 e. The average molecular weight is 354 g/mol. The molecule has 0 unspecified atom stereocenters. The highest BCUT2D eigenvalue weighted by Gasteiger charge is 2.38. The number of carbonyl (C=O) groups is 1. The first kappa shape index (κ1) is 18.5. The molecule has 26 heavy (non-hydrogen) atoms. The third-order valence-electron chi connectivity index (χ3n) is 4.97. The van der Waals surface area contributed by atoms with Crippen LogP contribution in [0.4, 0.5) is 0 Å². The molecule has 5 heteroatoms. The van der Waals surface area contributed by atoms with E-state index in [2.05, 4.69) is 18.0 Å². The van der Waals surface area contributed by atoms with Crippen LogP contribution in [0.1, 0.15) is 22.4 Å². The number of carbonyl (C=O) groups excluding carboxylic acids is 1. The number of rotatable bonds is 5. The maximum Gasteiger partial charge on any atom is 0.228 e. The molecular formula is C21H26N2O3. The lowest BCUT2D eigenvalue weighted by molar-refractivity contribution is -0.157. The molecule has 1 N–H and O–H groups in total. The van der Waals surface area contributed by atoms with E-state index in [1.54, 1.807) is 11.1 Å². The van der Waals surface area contributed by atoms with E-state index >= 15 is 0 Å². The number of hydrogen-bond donors (Lipinski definition) is 1. The number of nitrogens with zero attached hydrogens (tertiary/aromatic N) is 2. The molecule has 2 aromatic rings. The predicted octanol–water partition coefficient (Wildman–Crippen LogP) is 2.07. The highest BCUT2D eigenvalue weighted by Crippen LogP contribution is 2.25. The normalized spacial score (nSPS) is 20.2. The highest BCUT2D eigenvalue weighted by molar-refractivity contribution is 5.78. The average Bonchev–Trinajstić information content (AvgIpc) is 2.66. The summed E-state index contributed by atoms with van der Waals surface area (Å²) in [6.07, 6.45) is 2.63. The summed E-state index contributed by atoms with van der Waals surface area (Å²) >= 11 is 0. The Morgan fingerprint density at radius 1 is 1.27 bits per heavy atom. The number of ether oxygens (including phenoxy) is 1. The Balaban J connectivity index is 1.71. The van der Waals surface area contributed by atoms with E-state index < -0.39 is 5.60 Å². The number of aromatic nitrogens is 1. The third kappa shape index (κ3) is 4.29. The number of aliphatic hydroxyl groups is 1. The van der Waals surface area contributed by atoms with Gasteiger partial charge in [0.25, 0.3) is 0 Å². The summed E-state index contributed by atoms with van der Waals surface area (Å²) in [5.74, 6) is 0.0206. The first-order valence-corrected chi connectivity index (χ1v) is 9.00. The Hall–Kier alpha value is -2.24. The van der Waals surface area contributed by atoms with Crippen molar-refractivity contribution in [3.8, 4) is 0 Å². The van der Waals surface area contributed by atoms with E-state index in [1.807, 2.05) is 37.3 Å². The van der Waals surface area contributed by atoms with Crippen LogP contribution in [0.3, 0.4) is 0 Å². The van der Waals surface area contributed by atoms with Gasteiger partial charge in [-0.05, 0) is 36.6 Å². The van der Waals surface area contributed by atoms with Gasteiger partial charge in [-0.15, -0.1) is 0 Å². The smallest absolute Gasteiger partial charge is 0.228 e. The van der Waals surface area contributed by atoms with Crippen LogP contribution in [0.5, 0.6) is 0 Å². The van der Waals surface area contributed by atoms with Crippen LogP contribution in [0, 0.1) is 13.8 Å². The number of amides is 1. The molecule has 3 rings (SSSR count). The molecule has 1 aliphatic rings. The minimum absolute atomic E-state index is 0.0206. The van der Waals surface area contributed by atoms with E-state index in [-0.39, 0.29) is 18.9 Å². The summed E-state index contributed by atoms with van der Waals surface area (Å²) in [6, 6.07) is 11.9. The van der Waals surface area contributed by atoms with Crippen LogP contribution in [-0.2, 0) is 22.4 Å². The van der Waals surface area contributed by atoms with Crippen LogP contribution in [0.2, 0.25) is 0 Å². The molecule has 138 valence electrons. The van der Waals surface area contributed by atoms with Crippen molar-refractivity contribution in [3.05, 3.63) is 65.0 Å². The van der Waals surface area contributed by atoms with Gasteiger partial charge in [0.1, 0.15) is 5.60 Å². The molecule has 1 fully saturated rings. The Bertz CT molecular complexity index is 760. The van der Waals surface area contributed by atoms with Gasteiger partial charge in [0.05, 0.1) is 26.2 Å². The first-order valence-electron chi connectivity index (χ1n) is 9.00. The van der Waals surface area contributed by atoms with Crippen molar-refractivity contribution in [2.24, 2.45) is 0 Å². The fourth-order valence-corrected chi connectivity index (χ4v) is 3.34. The molecule has 0 bridgehead atoms. The van der Waals surface area contributed by atoms with Crippen LogP contribution >= 0.6 is 0 Å². The van der Waals surface area contributed by atoms with Crippen molar-refractivity contribution < 1.29 is 14.6 Å². The second kappa shape index (κ2) is 7.98. The van der Waals surface area contributed by atoms with Gasteiger partial charge in [0.2, 0.25) is 5.91 Å². The number of pyridine rings is 1. The molecule has 2 heterocycles. The van der Waals surface area contributed by atoms with Gasteiger partial charge in [-0.25, -0.2) is 0 Å². The summed E-state index contributed by atoms with van der Waals surface area (Å²) in [5.41, 5.74) is 3.39. The maximum atomic E-state index is 12.7. The van der Waals surface area contributed by atoms with Crippen LogP contribution in [-0.4, -0.2) is 52.8 Å². The predicted molar refractivity (Wildman–Crippen MR) is 99.9 cm³/mol. The lowest BCUT2D eigenvalue weighted by Crippen LogP contribution is -2.57. The number of aliphatic hydroxyl groups excluding tert-OH is 1. The molecule has 1 aromatic heterocycles. The molecule has 1 atom stereocenters. The molecule has 0 spiro atoms. The third-order valence-corrected chi connectivity index (χ3v) is 4.97. The van der Waals surface area contributed by atoms with Gasteiger partial charge in [0, 0.05) is 24.9 Å². The van der Waals surface area contributed by atoms with Gasteiger partial charge in [-0.1, -0.05) is 30.3 Å². The Labute approximate surface area is 154 Å². The standard InChI is InChI=1S/C21H26N2O3/c1-16-7-8-19(22-13-16)11-20(25)23-9-10-26-21(14-23,15-24)12-18-6-4-3-5-17(18)2/h3-8,13,24H,9-12,14-15H2,1-2H3/t21-/m0/s1. The van der Waals surface area contributed by atoms with Gasteiger partial charge < -0.3 is 14.7 Å². The van der Waals surface area contributed by atoms with Gasteiger partial charge in [-0.2, -0.15) is 0 Å². The number of morpholine rings is 1. The summed E-state index contributed by atoms with van der Waals surface area (Å²) in [6.45, 7) is 5.27. The SMILES string of the molecule is Cc1ccc(CC(=O)N2CCO[C@@](CO)(Cc3ccccc3C)C2)nc1. The van der Waals surface area contributed by atoms with Crippen LogP contribution < -0.4 is 0 Å².